The molecule has 0 amide bonds. The third kappa shape index (κ3) is 5.38. The fourth-order valence-corrected chi connectivity index (χ4v) is 13.3. The van der Waals surface area contributed by atoms with E-state index in [1.807, 2.05) is 7.05 Å². The summed E-state index contributed by atoms with van der Waals surface area (Å²) < 4.78 is 38.0. The van der Waals surface area contributed by atoms with Crippen molar-refractivity contribution in [1.29, 1.82) is 0 Å². The first-order valence-electron chi connectivity index (χ1n) is 19.4. The van der Waals surface area contributed by atoms with Crippen LogP contribution in [0.2, 0.25) is 0 Å². The smallest absolute Gasteiger partial charge is 0.338 e. The Morgan fingerprint density at radius 3 is 2.20 bits per heavy atom. The van der Waals surface area contributed by atoms with E-state index in [0.717, 1.165) is 12.8 Å². The van der Waals surface area contributed by atoms with Gasteiger partial charge in [0.1, 0.15) is 23.9 Å². The monoisotopic (exact) mass is 759 g/mol. The van der Waals surface area contributed by atoms with Crippen LogP contribution in [0.25, 0.3) is 0 Å². The molecular formula is C40H57NO13. The number of aliphatic hydroxyl groups excluding tert-OH is 2. The van der Waals surface area contributed by atoms with Gasteiger partial charge in [-0.15, -0.1) is 0 Å². The summed E-state index contributed by atoms with van der Waals surface area (Å²) >= 11 is 0. The molecule has 1 aromatic rings. The van der Waals surface area contributed by atoms with Crippen LogP contribution < -0.4 is 0 Å². The largest absolute Gasteiger partial charge is 0.481 e. The number of piperidine rings is 1. The third-order valence-corrected chi connectivity index (χ3v) is 14.6. The molecule has 54 heavy (non-hydrogen) atoms. The molecule has 1 spiro atoms. The molecule has 4 N–H and O–H groups in total. The van der Waals surface area contributed by atoms with Crippen molar-refractivity contribution in [3.63, 3.8) is 0 Å². The summed E-state index contributed by atoms with van der Waals surface area (Å²) in [6.45, 7) is 0.646. The highest BCUT2D eigenvalue weighted by Gasteiger charge is 2.92. The summed E-state index contributed by atoms with van der Waals surface area (Å²) in [5.74, 6) is -4.66. The van der Waals surface area contributed by atoms with Gasteiger partial charge in [0, 0.05) is 88.9 Å². The van der Waals surface area contributed by atoms with Crippen molar-refractivity contribution in [2.45, 2.75) is 112 Å². The number of fused-ring (bicyclic) bond motifs is 2. The highest BCUT2D eigenvalue weighted by atomic mass is 16.6. The number of methoxy groups -OCH3 is 4. The Balaban J connectivity index is 1.37. The number of unbranched alkanes of at least 4 members (excludes halogenated alkanes) is 4. The number of carbonyl (C=O) groups is 3. The third-order valence-electron chi connectivity index (χ3n) is 14.6. The van der Waals surface area contributed by atoms with Gasteiger partial charge in [-0.2, -0.15) is 0 Å². The molecular weight excluding hydrogens is 702 g/mol. The molecule has 0 aromatic heterocycles. The van der Waals surface area contributed by atoms with Crippen LogP contribution in [-0.2, 0) is 38.0 Å². The lowest BCUT2D eigenvalue weighted by atomic mass is 9.42. The highest BCUT2D eigenvalue weighted by molar-refractivity contribution is 5.89. The second-order valence-electron chi connectivity index (χ2n) is 16.8. The minimum atomic E-state index is -1.88. The predicted octanol–water partition coefficient (Wildman–Crippen LogP) is 2.05. The first-order valence-corrected chi connectivity index (χ1v) is 19.4. The fraction of sp³-hybridized carbons (Fsp3) is 0.775. The first-order chi connectivity index (χ1) is 25.8. The Morgan fingerprint density at radius 2 is 1.57 bits per heavy atom. The van der Waals surface area contributed by atoms with E-state index in [0.29, 0.717) is 25.8 Å². The molecule has 7 bridgehead atoms. The normalized spacial score (nSPS) is 44.2. The first kappa shape index (κ1) is 39.5. The van der Waals surface area contributed by atoms with Gasteiger partial charge in [-0.1, -0.05) is 37.5 Å². The van der Waals surface area contributed by atoms with Crippen LogP contribution in [0.15, 0.2) is 30.3 Å². The number of carboxylic acids is 1. The van der Waals surface area contributed by atoms with Crippen LogP contribution in [0, 0.1) is 34.5 Å². The molecule has 1 unspecified atom stereocenters. The van der Waals surface area contributed by atoms with E-state index in [-0.39, 0.29) is 37.9 Å². The number of carbonyl (C=O) groups excluding carboxylic acids is 2. The number of ether oxygens (including phenoxy) is 6. The van der Waals surface area contributed by atoms with Gasteiger partial charge < -0.3 is 53.7 Å². The number of rotatable bonds is 16. The van der Waals surface area contributed by atoms with Crippen LogP contribution in [0.5, 0.6) is 0 Å². The van der Waals surface area contributed by atoms with Gasteiger partial charge in [0.15, 0.2) is 5.60 Å². The number of benzene rings is 1. The predicted molar refractivity (Wildman–Crippen MR) is 190 cm³/mol. The molecule has 5 saturated carbocycles. The fourth-order valence-electron chi connectivity index (χ4n) is 13.3. The summed E-state index contributed by atoms with van der Waals surface area (Å²) in [7, 11) is 8.19. The van der Waals surface area contributed by atoms with E-state index >= 15 is 0 Å². The van der Waals surface area contributed by atoms with Crippen molar-refractivity contribution in [3.05, 3.63) is 35.9 Å². The number of aliphatic carboxylic acids is 1. The SMILES string of the molecule is COC[C@]12CN(C)C3[C@@H]4[C@H](OC)[C@H]1[C@@]3([C@@H](OC)C[C@H]2O)[C@@H]1C[C@@]2(O)[C@H](OC(=O)c3ccccc3)[C@@H]1[C@]4(OC(=O)CCCCCCCC(=O)O)[C@@H](O)[C@@H]2OC. The minimum Gasteiger partial charge on any atom is -0.481 e. The topological polar surface area (TPSA) is 191 Å². The summed E-state index contributed by atoms with van der Waals surface area (Å²) in [5.41, 5.74) is -5.04. The van der Waals surface area contributed by atoms with Crippen molar-refractivity contribution in [3.8, 4) is 0 Å². The zero-order chi connectivity index (χ0) is 38.8. The Bertz CT molecular complexity index is 1560. The van der Waals surface area contributed by atoms with E-state index in [4.69, 9.17) is 33.5 Å². The number of aliphatic hydroxyl groups is 3. The van der Waals surface area contributed by atoms with Gasteiger partial charge in [-0.3, -0.25) is 9.59 Å². The van der Waals surface area contributed by atoms with Gasteiger partial charge in [0.25, 0.3) is 0 Å². The number of esters is 2. The van der Waals surface area contributed by atoms with Crippen LogP contribution in [0.1, 0.15) is 68.1 Å². The Labute approximate surface area is 316 Å². The number of likely N-dealkylation sites (tertiary alicyclic amines) is 1. The maximum atomic E-state index is 14.3. The quantitative estimate of drug-likeness (QED) is 0.142. The summed E-state index contributed by atoms with van der Waals surface area (Å²) in [4.78, 5) is 41.3. The summed E-state index contributed by atoms with van der Waals surface area (Å²) in [6.07, 6.45) is -2.53. The molecule has 0 radical (unpaired) electrons. The van der Waals surface area contributed by atoms with E-state index in [9.17, 15) is 29.7 Å². The minimum absolute atomic E-state index is 0.0354. The molecule has 15 atom stereocenters. The van der Waals surface area contributed by atoms with Gasteiger partial charge in [-0.25, -0.2) is 4.79 Å². The lowest BCUT2D eigenvalue weighted by Crippen LogP contribution is -2.81. The van der Waals surface area contributed by atoms with Crippen molar-refractivity contribution in [2.24, 2.45) is 34.5 Å². The average Bonchev–Trinajstić information content (AvgIpc) is 3.54. The molecule has 1 aliphatic heterocycles. The van der Waals surface area contributed by atoms with Gasteiger partial charge in [0.2, 0.25) is 0 Å². The lowest BCUT2D eigenvalue weighted by molar-refractivity contribution is -0.321. The maximum absolute atomic E-state index is 14.3. The maximum Gasteiger partial charge on any atom is 0.338 e. The zero-order valence-corrected chi connectivity index (χ0v) is 31.9. The molecule has 14 nitrogen and oxygen atoms in total. The van der Waals surface area contributed by atoms with Crippen LogP contribution in [0.3, 0.4) is 0 Å². The molecule has 6 fully saturated rings. The van der Waals surface area contributed by atoms with E-state index < -0.39 is 106 Å². The van der Waals surface area contributed by atoms with Crippen molar-refractivity contribution < 1.29 is 63.2 Å². The number of carboxylic acid groups (broad SMARTS) is 1. The molecule has 5 aliphatic carbocycles. The summed E-state index contributed by atoms with van der Waals surface area (Å²) in [6, 6.07) is 8.07. The molecule has 14 heteroatoms. The summed E-state index contributed by atoms with van der Waals surface area (Å²) in [5, 5.41) is 46.8. The van der Waals surface area contributed by atoms with Gasteiger partial charge in [0.05, 0.1) is 30.5 Å². The molecule has 300 valence electrons. The van der Waals surface area contributed by atoms with Crippen LogP contribution >= 0.6 is 0 Å². The molecule has 1 heterocycles. The standard InChI is InChI=1S/C40H57NO13/c1-41-20-37(21-49-2)24(42)18-25(50-3)39-23-19-38(48)34(53-36(47)22-14-10-9-11-15-22)28(23)40(33(46)35(38)52-5,29(32(39)41)30(51-4)31(37)39)54-27(45)17-13-8-6-7-12-16-26(43)44/h9-11,14-15,23-25,28-35,42,46,48H,6-8,12-13,16-21H2,1-5H3,(H,43,44)/t23-,24-,25+,28-,29+,30+,31-,32?,33+,34-,35+,37+,38-,39+,40-/m1/s1. The Hall–Kier alpha value is -2.69. The lowest BCUT2D eigenvalue weighted by Gasteiger charge is -2.70. The number of hydrogen-bond donors (Lipinski definition) is 4. The Morgan fingerprint density at radius 1 is 0.889 bits per heavy atom. The van der Waals surface area contributed by atoms with E-state index in [2.05, 4.69) is 4.90 Å². The van der Waals surface area contributed by atoms with Gasteiger partial charge >= 0.3 is 17.9 Å². The zero-order valence-electron chi connectivity index (χ0n) is 31.9. The van der Waals surface area contributed by atoms with Crippen molar-refractivity contribution in [2.75, 3.05) is 48.6 Å². The van der Waals surface area contributed by atoms with E-state index in [1.165, 1.54) is 7.11 Å². The van der Waals surface area contributed by atoms with Crippen molar-refractivity contribution >= 4 is 17.9 Å². The average molecular weight is 760 g/mol. The van der Waals surface area contributed by atoms with E-state index in [1.54, 1.807) is 51.7 Å². The number of nitrogens with zero attached hydrogens (tertiary/aromatic N) is 1. The second-order valence-corrected chi connectivity index (χ2v) is 16.8. The van der Waals surface area contributed by atoms with Crippen LogP contribution in [-0.4, -0.2) is 146 Å². The number of hydrogen-bond acceptors (Lipinski definition) is 13. The molecule has 6 aliphatic rings. The van der Waals surface area contributed by atoms with Crippen molar-refractivity contribution in [1.82, 2.24) is 4.90 Å². The second kappa shape index (κ2) is 14.7. The van der Waals surface area contributed by atoms with Gasteiger partial charge in [-0.05, 0) is 44.4 Å². The Kier molecular flexibility index (Phi) is 10.7. The molecule has 1 saturated heterocycles. The highest BCUT2D eigenvalue weighted by Crippen LogP contribution is 2.80. The molecule has 7 rings (SSSR count). The van der Waals surface area contributed by atoms with Crippen LogP contribution in [0.4, 0.5) is 0 Å². The molecule has 1 aromatic carbocycles.